The third-order valence-corrected chi connectivity index (χ3v) is 4.78. The Morgan fingerprint density at radius 1 is 1.10 bits per heavy atom. The van der Waals surface area contributed by atoms with Crippen LogP contribution < -0.4 is 10.5 Å². The Morgan fingerprint density at radius 3 is 2.37 bits per heavy atom. The molecule has 1 aromatic heterocycles. The van der Waals surface area contributed by atoms with Gasteiger partial charge >= 0.3 is 6.15 Å². The van der Waals surface area contributed by atoms with Crippen molar-refractivity contribution < 1.29 is 19.1 Å². The van der Waals surface area contributed by atoms with E-state index in [1.807, 2.05) is 76.2 Å². The molecule has 0 aliphatic heterocycles. The molecule has 156 valence electrons. The number of nitrogens with zero attached hydrogens (tertiary/aromatic N) is 1. The first-order chi connectivity index (χ1) is 14.2. The average Bonchev–Trinajstić information content (AvgIpc) is 2.68. The molecule has 0 unspecified atom stereocenters. The Labute approximate surface area is 176 Å². The van der Waals surface area contributed by atoms with Crippen LogP contribution in [0, 0.1) is 19.3 Å². The van der Waals surface area contributed by atoms with Gasteiger partial charge in [0, 0.05) is 17.8 Å². The van der Waals surface area contributed by atoms with Crippen LogP contribution in [0.15, 0.2) is 48.5 Å². The number of fused-ring (bicyclic) bond motifs is 1. The van der Waals surface area contributed by atoms with E-state index >= 15 is 0 Å². The highest BCUT2D eigenvalue weighted by molar-refractivity contribution is 5.95. The van der Waals surface area contributed by atoms with Gasteiger partial charge in [-0.1, -0.05) is 35.9 Å². The van der Waals surface area contributed by atoms with Gasteiger partial charge < -0.3 is 10.5 Å². The number of aromatic nitrogens is 1. The summed E-state index contributed by atoms with van der Waals surface area (Å²) in [5.41, 5.74) is 10.1. The summed E-state index contributed by atoms with van der Waals surface area (Å²) in [5, 5.41) is 0.796. The normalized spacial score (nSPS) is 10.7. The summed E-state index contributed by atoms with van der Waals surface area (Å²) >= 11 is 0. The second-order valence-corrected chi connectivity index (χ2v) is 7.84. The number of Topliss-reactive ketones (excluding diaryl/α,β-unsaturated/α-hetero) is 1. The molecular weight excluding hydrogens is 380 g/mol. The van der Waals surface area contributed by atoms with E-state index < -0.39 is 5.41 Å². The van der Waals surface area contributed by atoms with Crippen LogP contribution in [0.25, 0.3) is 10.9 Å². The van der Waals surface area contributed by atoms with E-state index in [1.165, 1.54) is 5.56 Å². The monoisotopic (exact) mass is 406 g/mol. The van der Waals surface area contributed by atoms with Gasteiger partial charge in [-0.25, -0.2) is 0 Å². The molecule has 0 saturated heterocycles. The molecule has 0 fully saturated rings. The van der Waals surface area contributed by atoms with E-state index in [9.17, 15) is 4.79 Å². The number of ether oxygens (including phenoxy) is 1. The molecule has 0 bridgehead atoms. The van der Waals surface area contributed by atoms with Crippen molar-refractivity contribution in [2.75, 3.05) is 12.3 Å². The number of carbonyl (C=O) groups excluding carboxylic acids is 3. The maximum absolute atomic E-state index is 12.8. The van der Waals surface area contributed by atoms with Crippen molar-refractivity contribution in [1.29, 1.82) is 0 Å². The molecular formula is C24H26N2O4. The number of nitrogens with two attached hydrogens (primary N) is 1. The first-order valence-corrected chi connectivity index (χ1v) is 9.54. The molecule has 0 spiro atoms. The fourth-order valence-corrected chi connectivity index (χ4v) is 3.01. The van der Waals surface area contributed by atoms with Gasteiger partial charge in [0.1, 0.15) is 18.1 Å². The topological polar surface area (TPSA) is 99.3 Å². The molecule has 0 atom stereocenters. The number of hydrogen-bond donors (Lipinski definition) is 1. The average molecular weight is 406 g/mol. The third-order valence-electron chi connectivity index (χ3n) is 4.78. The lowest BCUT2D eigenvalue weighted by Crippen LogP contribution is -2.32. The minimum Gasteiger partial charge on any atom is -0.492 e. The predicted molar refractivity (Wildman–Crippen MR) is 115 cm³/mol. The van der Waals surface area contributed by atoms with Crippen LogP contribution in [0.1, 0.15) is 30.7 Å². The molecule has 3 aromatic rings. The van der Waals surface area contributed by atoms with E-state index in [4.69, 9.17) is 20.1 Å². The Balaban J connectivity index is 0.00000101. The summed E-state index contributed by atoms with van der Waals surface area (Å²) in [6.07, 6.45) is 0.648. The van der Waals surface area contributed by atoms with Crippen molar-refractivity contribution in [3.8, 4) is 5.75 Å². The van der Waals surface area contributed by atoms with Gasteiger partial charge in [-0.05, 0) is 51.5 Å². The molecule has 0 radical (unpaired) electrons. The molecule has 0 aliphatic rings. The molecule has 3 rings (SSSR count). The lowest BCUT2D eigenvalue weighted by Gasteiger charge is -2.24. The molecule has 0 aliphatic carbocycles. The number of nitrogen functional groups attached to an aromatic ring is 1. The first kappa shape index (κ1) is 22.8. The largest absolute Gasteiger partial charge is 0.492 e. The Morgan fingerprint density at radius 2 is 1.73 bits per heavy atom. The Kier molecular flexibility index (Phi) is 7.45. The van der Waals surface area contributed by atoms with Crippen LogP contribution in [0.4, 0.5) is 5.69 Å². The molecule has 2 N–H and O–H groups in total. The smallest absolute Gasteiger partial charge is 0.373 e. The zero-order chi connectivity index (χ0) is 22.3. The van der Waals surface area contributed by atoms with Crippen LogP contribution in [0.2, 0.25) is 0 Å². The number of ketones is 1. The van der Waals surface area contributed by atoms with Gasteiger partial charge in [-0.2, -0.15) is 9.59 Å². The SMILES string of the molecule is Cc1ccc(CC(=O)C(C)(C)COc2cccc3nc(C)cc(N)c23)cc1.O=C=O. The van der Waals surface area contributed by atoms with Gasteiger partial charge in [-0.15, -0.1) is 0 Å². The second-order valence-electron chi connectivity index (χ2n) is 7.84. The second kappa shape index (κ2) is 9.81. The van der Waals surface area contributed by atoms with Gasteiger partial charge in [0.15, 0.2) is 0 Å². The number of anilines is 1. The maximum atomic E-state index is 12.8. The number of rotatable bonds is 6. The maximum Gasteiger partial charge on any atom is 0.373 e. The van der Waals surface area contributed by atoms with E-state index in [0.717, 1.165) is 22.2 Å². The quantitative estimate of drug-likeness (QED) is 0.662. The molecule has 30 heavy (non-hydrogen) atoms. The molecule has 0 amide bonds. The Bertz CT molecular complexity index is 1070. The minimum absolute atomic E-state index is 0.147. The lowest BCUT2D eigenvalue weighted by molar-refractivity contribution is -0.191. The fourth-order valence-electron chi connectivity index (χ4n) is 3.01. The van der Waals surface area contributed by atoms with Crippen molar-refractivity contribution in [3.05, 3.63) is 65.4 Å². The van der Waals surface area contributed by atoms with Crippen molar-refractivity contribution in [3.63, 3.8) is 0 Å². The number of benzene rings is 2. The summed E-state index contributed by atoms with van der Waals surface area (Å²) in [6, 6.07) is 15.6. The lowest BCUT2D eigenvalue weighted by atomic mass is 9.85. The van der Waals surface area contributed by atoms with E-state index in [0.29, 0.717) is 17.9 Å². The minimum atomic E-state index is -0.611. The summed E-state index contributed by atoms with van der Waals surface area (Å²) in [7, 11) is 0. The van der Waals surface area contributed by atoms with Crippen LogP contribution in [0.5, 0.6) is 5.75 Å². The van der Waals surface area contributed by atoms with Gasteiger partial charge in [0.25, 0.3) is 0 Å². The molecule has 1 heterocycles. The van der Waals surface area contributed by atoms with Gasteiger partial charge in [-0.3, -0.25) is 9.78 Å². The molecule has 6 heteroatoms. The van der Waals surface area contributed by atoms with Crippen LogP contribution >= 0.6 is 0 Å². The standard InChI is InChI=1S/C23H26N2O2.CO2/c1-15-8-10-17(11-9-15)13-21(26)23(3,4)14-27-20-7-5-6-19-22(20)18(24)12-16(2)25-19;2-1-3/h5-12H,13-14H2,1-4H3,(H2,24,25);. The molecule has 2 aromatic carbocycles. The zero-order valence-electron chi connectivity index (χ0n) is 17.7. The summed E-state index contributed by atoms with van der Waals surface area (Å²) in [4.78, 5) is 33.6. The van der Waals surface area contributed by atoms with Crippen molar-refractivity contribution in [2.24, 2.45) is 5.41 Å². The Hall–Kier alpha value is -3.50. The highest BCUT2D eigenvalue weighted by atomic mass is 16.5. The third kappa shape index (κ3) is 5.75. The van der Waals surface area contributed by atoms with Crippen LogP contribution in [-0.2, 0) is 20.8 Å². The summed E-state index contributed by atoms with van der Waals surface area (Å²) < 4.78 is 6.04. The molecule has 6 nitrogen and oxygen atoms in total. The fraction of sp³-hybridized carbons (Fsp3) is 0.292. The number of hydrogen-bond acceptors (Lipinski definition) is 6. The highest BCUT2D eigenvalue weighted by Gasteiger charge is 2.28. The van der Waals surface area contributed by atoms with Crippen LogP contribution in [-0.4, -0.2) is 23.5 Å². The first-order valence-electron chi connectivity index (χ1n) is 9.54. The zero-order valence-corrected chi connectivity index (χ0v) is 17.7. The van der Waals surface area contributed by atoms with Crippen molar-refractivity contribution in [2.45, 2.75) is 34.1 Å². The van der Waals surface area contributed by atoms with E-state index in [1.54, 1.807) is 0 Å². The molecule has 0 saturated carbocycles. The number of carbonyl (C=O) groups is 1. The predicted octanol–water partition coefficient (Wildman–Crippen LogP) is 4.07. The van der Waals surface area contributed by atoms with Gasteiger partial charge in [0.05, 0.1) is 16.3 Å². The van der Waals surface area contributed by atoms with E-state index in [2.05, 4.69) is 4.98 Å². The van der Waals surface area contributed by atoms with Crippen molar-refractivity contribution >= 4 is 28.5 Å². The number of pyridine rings is 1. The number of aryl methyl sites for hydroxylation is 2. The van der Waals surface area contributed by atoms with Crippen LogP contribution in [0.3, 0.4) is 0 Å². The highest BCUT2D eigenvalue weighted by Crippen LogP contribution is 2.31. The van der Waals surface area contributed by atoms with E-state index in [-0.39, 0.29) is 18.5 Å². The van der Waals surface area contributed by atoms with Crippen molar-refractivity contribution in [1.82, 2.24) is 4.98 Å². The summed E-state index contributed by atoms with van der Waals surface area (Å²) in [6.45, 7) is 8.07. The summed E-state index contributed by atoms with van der Waals surface area (Å²) in [5.74, 6) is 0.808. The van der Waals surface area contributed by atoms with Gasteiger partial charge in [0.2, 0.25) is 0 Å².